The van der Waals surface area contributed by atoms with Crippen LogP contribution in [0.1, 0.15) is 41.3 Å². The molecule has 0 saturated heterocycles. The molecule has 3 rings (SSSR count). The summed E-state index contributed by atoms with van der Waals surface area (Å²) in [6.45, 7) is 6.39. The lowest BCUT2D eigenvalue weighted by molar-refractivity contribution is 0.102. The number of benzene rings is 2. The summed E-state index contributed by atoms with van der Waals surface area (Å²) in [5.74, 6) is 0.512. The van der Waals surface area contributed by atoms with E-state index in [1.54, 1.807) is 18.2 Å². The van der Waals surface area contributed by atoms with Gasteiger partial charge in [0.1, 0.15) is 5.56 Å². The molecule has 0 aliphatic heterocycles. The summed E-state index contributed by atoms with van der Waals surface area (Å²) < 4.78 is 5.99. The number of anilines is 3. The molecule has 1 heterocycles. The van der Waals surface area contributed by atoms with Crippen molar-refractivity contribution in [3.63, 3.8) is 0 Å². The molecule has 6 nitrogen and oxygen atoms in total. The van der Waals surface area contributed by atoms with Gasteiger partial charge in [0.15, 0.2) is 0 Å². The Labute approximate surface area is 189 Å². The highest BCUT2D eigenvalue weighted by molar-refractivity contribution is 9.10. The quantitative estimate of drug-likeness (QED) is 0.423. The van der Waals surface area contributed by atoms with Gasteiger partial charge < -0.3 is 15.4 Å². The van der Waals surface area contributed by atoms with Crippen LogP contribution in [0.2, 0.25) is 5.02 Å². The summed E-state index contributed by atoms with van der Waals surface area (Å²) in [5.41, 5.74) is 3.99. The van der Waals surface area contributed by atoms with Crippen LogP contribution in [0.5, 0.6) is 5.88 Å². The van der Waals surface area contributed by atoms with Gasteiger partial charge in [-0.1, -0.05) is 37.6 Å². The van der Waals surface area contributed by atoms with Crippen LogP contribution >= 0.6 is 27.5 Å². The molecule has 0 aliphatic rings. The van der Waals surface area contributed by atoms with E-state index >= 15 is 0 Å². The lowest BCUT2D eigenvalue weighted by atomic mass is 9.98. The van der Waals surface area contributed by atoms with Gasteiger partial charge in [-0.05, 0) is 64.2 Å². The van der Waals surface area contributed by atoms with Crippen molar-refractivity contribution in [2.45, 2.75) is 26.7 Å². The molecular weight excluding hydrogens is 468 g/mol. The highest BCUT2D eigenvalue weighted by Crippen LogP contribution is 2.31. The Morgan fingerprint density at radius 3 is 2.63 bits per heavy atom. The molecule has 1 amide bonds. The number of methoxy groups -OCH3 is 1. The van der Waals surface area contributed by atoms with Crippen molar-refractivity contribution in [1.29, 1.82) is 0 Å². The van der Waals surface area contributed by atoms with Gasteiger partial charge in [-0.25, -0.2) is 4.98 Å². The van der Waals surface area contributed by atoms with Crippen molar-refractivity contribution >= 4 is 50.8 Å². The van der Waals surface area contributed by atoms with Crippen molar-refractivity contribution in [1.82, 2.24) is 9.97 Å². The third-order valence-electron chi connectivity index (χ3n) is 4.54. The molecule has 0 radical (unpaired) electrons. The lowest BCUT2D eigenvalue weighted by Gasteiger charge is -2.14. The van der Waals surface area contributed by atoms with Crippen LogP contribution in [0.15, 0.2) is 47.1 Å². The molecular formula is C22H22BrClN4O2. The first-order chi connectivity index (χ1) is 14.3. The normalized spacial score (nSPS) is 10.8. The van der Waals surface area contributed by atoms with Gasteiger partial charge >= 0.3 is 0 Å². The fourth-order valence-corrected chi connectivity index (χ4v) is 3.87. The van der Waals surface area contributed by atoms with Crippen LogP contribution in [-0.2, 0) is 0 Å². The van der Waals surface area contributed by atoms with E-state index in [1.165, 1.54) is 24.4 Å². The highest BCUT2D eigenvalue weighted by atomic mass is 79.9. The largest absolute Gasteiger partial charge is 0.480 e. The monoisotopic (exact) mass is 488 g/mol. The summed E-state index contributed by atoms with van der Waals surface area (Å²) in [4.78, 5) is 21.3. The summed E-state index contributed by atoms with van der Waals surface area (Å²) in [6, 6.07) is 11.4. The third kappa shape index (κ3) is 4.91. The molecule has 30 heavy (non-hydrogen) atoms. The first kappa shape index (κ1) is 22.1. The fraction of sp³-hybridized carbons (Fsp3) is 0.227. The number of halogens is 2. The second-order valence-electron chi connectivity index (χ2n) is 7.02. The molecule has 0 aliphatic carbocycles. The van der Waals surface area contributed by atoms with Crippen LogP contribution < -0.4 is 15.4 Å². The van der Waals surface area contributed by atoms with E-state index in [4.69, 9.17) is 16.3 Å². The molecule has 156 valence electrons. The number of nitrogens with zero attached hydrogens (tertiary/aromatic N) is 2. The zero-order chi connectivity index (χ0) is 21.8. The van der Waals surface area contributed by atoms with Gasteiger partial charge in [0.2, 0.25) is 11.8 Å². The Balaban J connectivity index is 1.83. The Morgan fingerprint density at radius 2 is 2.00 bits per heavy atom. The van der Waals surface area contributed by atoms with Crippen molar-refractivity contribution in [2.24, 2.45) is 0 Å². The minimum absolute atomic E-state index is 0.156. The average Bonchev–Trinajstić information content (AvgIpc) is 2.70. The fourth-order valence-electron chi connectivity index (χ4n) is 3.07. The number of hydrogen-bond donors (Lipinski definition) is 2. The second-order valence-corrected chi connectivity index (χ2v) is 8.28. The average molecular weight is 490 g/mol. The van der Waals surface area contributed by atoms with E-state index in [0.717, 1.165) is 5.69 Å². The topological polar surface area (TPSA) is 76.1 Å². The minimum Gasteiger partial charge on any atom is -0.480 e. The van der Waals surface area contributed by atoms with E-state index in [9.17, 15) is 4.79 Å². The number of rotatable bonds is 6. The van der Waals surface area contributed by atoms with Crippen molar-refractivity contribution in [3.05, 3.63) is 68.8 Å². The minimum atomic E-state index is -0.427. The molecule has 1 aromatic heterocycles. The lowest BCUT2D eigenvalue weighted by Crippen LogP contribution is -2.15. The number of carbonyl (C=O) groups excluding carboxylic acids is 1. The number of para-hydroxylation sites is 1. The van der Waals surface area contributed by atoms with Crippen molar-refractivity contribution < 1.29 is 9.53 Å². The molecule has 0 unspecified atom stereocenters. The van der Waals surface area contributed by atoms with E-state index in [2.05, 4.69) is 63.4 Å². The van der Waals surface area contributed by atoms with Gasteiger partial charge in [0.05, 0.1) is 17.8 Å². The Morgan fingerprint density at radius 1 is 1.23 bits per heavy atom. The van der Waals surface area contributed by atoms with Crippen LogP contribution in [-0.4, -0.2) is 23.0 Å². The Bertz CT molecular complexity index is 1070. The van der Waals surface area contributed by atoms with Crippen LogP contribution in [0.4, 0.5) is 17.3 Å². The number of aromatic nitrogens is 2. The molecule has 0 fully saturated rings. The molecule has 8 heteroatoms. The Kier molecular flexibility index (Phi) is 6.95. The number of hydrogen-bond acceptors (Lipinski definition) is 5. The Hall–Kier alpha value is -2.64. The van der Waals surface area contributed by atoms with E-state index in [-0.39, 0.29) is 11.4 Å². The van der Waals surface area contributed by atoms with Crippen LogP contribution in [0.3, 0.4) is 0 Å². The molecule has 2 N–H and O–H groups in total. The summed E-state index contributed by atoms with van der Waals surface area (Å²) >= 11 is 9.56. The maximum atomic E-state index is 12.7. The maximum absolute atomic E-state index is 12.7. The predicted octanol–water partition coefficient (Wildman–Crippen LogP) is 6.33. The number of ether oxygens (including phenoxy) is 1. The summed E-state index contributed by atoms with van der Waals surface area (Å²) in [7, 11) is 1.45. The van der Waals surface area contributed by atoms with E-state index in [0.29, 0.717) is 27.0 Å². The summed E-state index contributed by atoms with van der Waals surface area (Å²) in [6.07, 6.45) is 1.42. The first-order valence-electron chi connectivity index (χ1n) is 9.34. The molecule has 3 aromatic rings. The SMILES string of the molecule is COc1nc(Nc2ccc(C(C)C)c(C)c2)ncc1C(=O)Nc1c(Cl)cccc1Br. The highest BCUT2D eigenvalue weighted by Gasteiger charge is 2.18. The van der Waals surface area contributed by atoms with Gasteiger partial charge in [0.25, 0.3) is 5.91 Å². The number of nitrogens with one attached hydrogen (secondary N) is 2. The number of amides is 1. The molecule has 0 spiro atoms. The van der Waals surface area contributed by atoms with Crippen LogP contribution in [0.25, 0.3) is 0 Å². The number of aryl methyl sites for hydroxylation is 1. The van der Waals surface area contributed by atoms with Crippen molar-refractivity contribution in [2.75, 3.05) is 17.7 Å². The van der Waals surface area contributed by atoms with E-state index in [1.807, 2.05) is 12.1 Å². The maximum Gasteiger partial charge on any atom is 0.262 e. The zero-order valence-electron chi connectivity index (χ0n) is 17.1. The standard InChI is InChI=1S/C22H22BrClN4O2/c1-12(2)15-9-8-14(10-13(15)3)26-22-25-11-16(21(28-22)30-4)20(29)27-19-17(23)6-5-7-18(19)24/h5-12H,1-4H3,(H,27,29)(H,25,26,28). The second kappa shape index (κ2) is 9.45. The van der Waals surface area contributed by atoms with Crippen molar-refractivity contribution in [3.8, 4) is 5.88 Å². The van der Waals surface area contributed by atoms with Gasteiger partial charge in [-0.2, -0.15) is 4.98 Å². The first-order valence-corrected chi connectivity index (χ1v) is 10.5. The molecule has 0 bridgehead atoms. The predicted molar refractivity (Wildman–Crippen MR) is 124 cm³/mol. The number of carbonyl (C=O) groups is 1. The molecule has 0 atom stereocenters. The van der Waals surface area contributed by atoms with E-state index < -0.39 is 5.91 Å². The van der Waals surface area contributed by atoms with Gasteiger partial charge in [0, 0.05) is 16.4 Å². The zero-order valence-corrected chi connectivity index (χ0v) is 19.4. The molecule has 2 aromatic carbocycles. The smallest absolute Gasteiger partial charge is 0.262 e. The summed E-state index contributed by atoms with van der Waals surface area (Å²) in [5, 5.41) is 6.33. The van der Waals surface area contributed by atoms with Crippen LogP contribution in [0, 0.1) is 6.92 Å². The molecule has 0 saturated carbocycles. The van der Waals surface area contributed by atoms with Gasteiger partial charge in [-0.15, -0.1) is 0 Å². The van der Waals surface area contributed by atoms with Gasteiger partial charge in [-0.3, -0.25) is 4.79 Å². The third-order valence-corrected chi connectivity index (χ3v) is 5.52.